The van der Waals surface area contributed by atoms with Gasteiger partial charge in [-0.2, -0.15) is 4.31 Å². The highest BCUT2D eigenvalue weighted by Gasteiger charge is 2.33. The molecule has 0 bridgehead atoms. The van der Waals surface area contributed by atoms with E-state index in [-0.39, 0.29) is 16.2 Å². The van der Waals surface area contributed by atoms with Crippen molar-refractivity contribution in [1.29, 1.82) is 0 Å². The average Bonchev–Trinajstić information content (AvgIpc) is 2.96. The average molecular weight is 313 g/mol. The Bertz CT molecular complexity index is 641. The Balaban J connectivity index is 2.38. The van der Waals surface area contributed by atoms with Gasteiger partial charge in [0, 0.05) is 13.1 Å². The van der Waals surface area contributed by atoms with Crippen LogP contribution in [-0.4, -0.2) is 44.0 Å². The van der Waals surface area contributed by atoms with Crippen molar-refractivity contribution in [2.45, 2.75) is 24.7 Å². The molecular weight excluding hydrogens is 294 g/mol. The van der Waals surface area contributed by atoms with Gasteiger partial charge in [0.1, 0.15) is 10.6 Å². The second-order valence-corrected chi connectivity index (χ2v) is 7.00. The van der Waals surface area contributed by atoms with Crippen molar-refractivity contribution in [3.05, 3.63) is 23.8 Å². The van der Waals surface area contributed by atoms with Crippen molar-refractivity contribution in [1.82, 2.24) is 4.31 Å². The van der Waals surface area contributed by atoms with Gasteiger partial charge in [0.2, 0.25) is 10.0 Å². The Morgan fingerprint density at radius 3 is 2.71 bits per heavy atom. The lowest BCUT2D eigenvalue weighted by molar-refractivity contribution is 0.0696. The molecule has 1 unspecified atom stereocenters. The molecule has 6 nitrogen and oxygen atoms in total. The molecule has 1 aliphatic heterocycles. The minimum absolute atomic E-state index is 0.00124. The van der Waals surface area contributed by atoms with E-state index in [1.54, 1.807) is 0 Å². The van der Waals surface area contributed by atoms with Crippen LogP contribution in [0, 0.1) is 5.92 Å². The summed E-state index contributed by atoms with van der Waals surface area (Å²) in [6, 6.07) is 3.82. The zero-order valence-electron chi connectivity index (χ0n) is 12.1. The molecular formula is C14H19NO5S. The zero-order chi connectivity index (χ0) is 15.6. The standard InChI is InChI=1S/C14H19NO5S/c1-3-10-6-7-15(9-10)21(18,19)13-5-4-11(14(16)17)8-12(13)20-2/h4-5,8,10H,3,6-7,9H2,1-2H3,(H,16,17). The van der Waals surface area contributed by atoms with E-state index in [0.29, 0.717) is 19.0 Å². The van der Waals surface area contributed by atoms with E-state index >= 15 is 0 Å². The number of carboxylic acid groups (broad SMARTS) is 1. The largest absolute Gasteiger partial charge is 0.495 e. The van der Waals surface area contributed by atoms with Crippen molar-refractivity contribution in [3.8, 4) is 5.75 Å². The van der Waals surface area contributed by atoms with Gasteiger partial charge in [0.05, 0.1) is 12.7 Å². The van der Waals surface area contributed by atoms with Crippen LogP contribution in [0.5, 0.6) is 5.75 Å². The van der Waals surface area contributed by atoms with E-state index in [9.17, 15) is 13.2 Å². The van der Waals surface area contributed by atoms with Gasteiger partial charge in [-0.3, -0.25) is 0 Å². The molecule has 21 heavy (non-hydrogen) atoms. The molecule has 1 saturated heterocycles. The quantitative estimate of drug-likeness (QED) is 0.896. The van der Waals surface area contributed by atoms with Gasteiger partial charge in [-0.25, -0.2) is 13.2 Å². The maximum absolute atomic E-state index is 12.7. The minimum atomic E-state index is -3.65. The number of benzene rings is 1. The summed E-state index contributed by atoms with van der Waals surface area (Å²) in [6.07, 6.45) is 1.80. The fourth-order valence-electron chi connectivity index (χ4n) is 2.50. The fraction of sp³-hybridized carbons (Fsp3) is 0.500. The van der Waals surface area contributed by atoms with E-state index in [2.05, 4.69) is 0 Å². The predicted octanol–water partition coefficient (Wildman–Crippen LogP) is 1.81. The van der Waals surface area contributed by atoms with Crippen LogP contribution in [0.15, 0.2) is 23.1 Å². The first-order chi connectivity index (χ1) is 9.90. The number of nitrogens with zero attached hydrogens (tertiary/aromatic N) is 1. The fourth-order valence-corrected chi connectivity index (χ4v) is 4.17. The van der Waals surface area contributed by atoms with Crippen LogP contribution in [0.3, 0.4) is 0 Å². The van der Waals surface area contributed by atoms with E-state index in [0.717, 1.165) is 12.8 Å². The molecule has 1 heterocycles. The number of carboxylic acids is 1. The Morgan fingerprint density at radius 1 is 1.48 bits per heavy atom. The molecule has 1 aromatic carbocycles. The topological polar surface area (TPSA) is 83.9 Å². The number of hydrogen-bond donors (Lipinski definition) is 1. The maximum Gasteiger partial charge on any atom is 0.335 e. The zero-order valence-corrected chi connectivity index (χ0v) is 12.9. The van der Waals surface area contributed by atoms with Gasteiger partial charge < -0.3 is 9.84 Å². The highest BCUT2D eigenvalue weighted by atomic mass is 32.2. The summed E-state index contributed by atoms with van der Waals surface area (Å²) in [7, 11) is -2.32. The van der Waals surface area contributed by atoms with Crippen LogP contribution in [0.1, 0.15) is 30.1 Å². The summed E-state index contributed by atoms with van der Waals surface area (Å²) in [5, 5.41) is 8.96. The molecule has 0 aromatic heterocycles. The number of rotatable bonds is 5. The van der Waals surface area contributed by atoms with Gasteiger partial charge in [-0.15, -0.1) is 0 Å². The van der Waals surface area contributed by atoms with Crippen molar-refractivity contribution in [3.63, 3.8) is 0 Å². The first kappa shape index (κ1) is 15.8. The number of sulfonamides is 1. The number of hydrogen-bond acceptors (Lipinski definition) is 4. The third kappa shape index (κ3) is 3.03. The van der Waals surface area contributed by atoms with Gasteiger partial charge in [-0.05, 0) is 30.5 Å². The Hall–Kier alpha value is -1.60. The summed E-state index contributed by atoms with van der Waals surface area (Å²) in [4.78, 5) is 11.0. The second-order valence-electron chi connectivity index (χ2n) is 5.10. The summed E-state index contributed by atoms with van der Waals surface area (Å²) in [6.45, 7) is 3.04. The monoisotopic (exact) mass is 313 g/mol. The second kappa shape index (κ2) is 6.03. The molecule has 0 spiro atoms. The highest BCUT2D eigenvalue weighted by molar-refractivity contribution is 7.89. The lowest BCUT2D eigenvalue weighted by Crippen LogP contribution is -2.29. The van der Waals surface area contributed by atoms with E-state index in [4.69, 9.17) is 9.84 Å². The van der Waals surface area contributed by atoms with Crippen LogP contribution < -0.4 is 4.74 Å². The summed E-state index contributed by atoms with van der Waals surface area (Å²) in [5.74, 6) is -0.677. The van der Waals surface area contributed by atoms with Crippen LogP contribution in [0.2, 0.25) is 0 Å². The van der Waals surface area contributed by atoms with Crippen molar-refractivity contribution in [2.75, 3.05) is 20.2 Å². The van der Waals surface area contributed by atoms with Crippen LogP contribution in [0.4, 0.5) is 0 Å². The van der Waals surface area contributed by atoms with Crippen LogP contribution >= 0.6 is 0 Å². The SMILES string of the molecule is CCC1CCN(S(=O)(=O)c2ccc(C(=O)O)cc2OC)C1. The van der Waals surface area contributed by atoms with Crippen molar-refractivity contribution in [2.24, 2.45) is 5.92 Å². The summed E-state index contributed by atoms with van der Waals surface area (Å²) >= 11 is 0. The molecule has 2 rings (SSSR count). The van der Waals surface area contributed by atoms with Gasteiger partial charge >= 0.3 is 5.97 Å². The molecule has 1 fully saturated rings. The Labute approximate surface area is 124 Å². The number of ether oxygens (including phenoxy) is 1. The lowest BCUT2D eigenvalue weighted by Gasteiger charge is -2.18. The number of methoxy groups -OCH3 is 1. The summed E-state index contributed by atoms with van der Waals surface area (Å²) < 4.78 is 31.8. The van der Waals surface area contributed by atoms with Crippen LogP contribution in [-0.2, 0) is 10.0 Å². The normalized spacial score (nSPS) is 19.6. The molecule has 0 saturated carbocycles. The maximum atomic E-state index is 12.7. The summed E-state index contributed by atoms with van der Waals surface area (Å²) in [5.41, 5.74) is -0.00124. The molecule has 0 aliphatic carbocycles. The first-order valence-corrected chi connectivity index (χ1v) is 8.25. The third-order valence-corrected chi connectivity index (χ3v) is 5.76. The highest BCUT2D eigenvalue weighted by Crippen LogP contribution is 2.31. The van der Waals surface area contributed by atoms with Crippen molar-refractivity contribution >= 4 is 16.0 Å². The van der Waals surface area contributed by atoms with Gasteiger partial charge in [0.15, 0.2) is 0 Å². The number of carbonyl (C=O) groups is 1. The van der Waals surface area contributed by atoms with Gasteiger partial charge in [0.25, 0.3) is 0 Å². The molecule has 1 atom stereocenters. The smallest absolute Gasteiger partial charge is 0.335 e. The molecule has 1 aliphatic rings. The Kier molecular flexibility index (Phi) is 4.53. The predicted molar refractivity (Wildman–Crippen MR) is 77.1 cm³/mol. The van der Waals surface area contributed by atoms with E-state index < -0.39 is 16.0 Å². The lowest BCUT2D eigenvalue weighted by atomic mass is 10.1. The Morgan fingerprint density at radius 2 is 2.19 bits per heavy atom. The molecule has 7 heteroatoms. The first-order valence-electron chi connectivity index (χ1n) is 6.81. The minimum Gasteiger partial charge on any atom is -0.495 e. The molecule has 116 valence electrons. The molecule has 1 N–H and O–H groups in total. The van der Waals surface area contributed by atoms with Crippen molar-refractivity contribution < 1.29 is 23.1 Å². The molecule has 1 aromatic rings. The van der Waals surface area contributed by atoms with E-state index in [1.165, 1.54) is 29.6 Å². The number of aromatic carboxylic acids is 1. The molecule has 0 radical (unpaired) electrons. The third-order valence-electron chi connectivity index (χ3n) is 3.85. The van der Waals surface area contributed by atoms with E-state index in [1.807, 2.05) is 6.92 Å². The molecule has 0 amide bonds. The van der Waals surface area contributed by atoms with Gasteiger partial charge in [-0.1, -0.05) is 13.3 Å². The van der Waals surface area contributed by atoms with Crippen LogP contribution in [0.25, 0.3) is 0 Å².